The van der Waals surface area contributed by atoms with E-state index in [0.717, 1.165) is 16.7 Å². The lowest BCUT2D eigenvalue weighted by molar-refractivity contribution is 0.0820. The van der Waals surface area contributed by atoms with Crippen LogP contribution in [0.2, 0.25) is 0 Å². The van der Waals surface area contributed by atoms with E-state index in [9.17, 15) is 9.59 Å². The number of nitrogens with zero attached hydrogens (tertiary/aromatic N) is 1. The Morgan fingerprint density at radius 2 is 1.76 bits per heavy atom. The van der Waals surface area contributed by atoms with Gasteiger partial charge in [-0.25, -0.2) is 4.79 Å². The summed E-state index contributed by atoms with van der Waals surface area (Å²) in [7, 11) is 0. The molecule has 0 amide bonds. The molecule has 136 valence electrons. The first-order valence-electron chi connectivity index (χ1n) is 8.43. The fraction of sp³-hybridized carbons (Fsp3) is 0.474. The summed E-state index contributed by atoms with van der Waals surface area (Å²) in [4.78, 5) is 27.2. The van der Waals surface area contributed by atoms with Crippen LogP contribution in [0.1, 0.15) is 60.0 Å². The topological polar surface area (TPSA) is 64.1 Å². The standard InChI is InChI=1S/C19H25ClN2O3/c1-6-25-10-22-17(15(11(2)3)18(23)21-19(22)24)16(20)14-8-12(4)7-13(5)9-14/h7-9,11,16H,6,10H2,1-5H3,(H,21,23,24). The molecule has 1 N–H and O–H groups in total. The third-order valence-corrected chi connectivity index (χ3v) is 4.51. The largest absolute Gasteiger partial charge is 0.361 e. The van der Waals surface area contributed by atoms with E-state index in [0.29, 0.717) is 17.9 Å². The van der Waals surface area contributed by atoms with Gasteiger partial charge < -0.3 is 4.74 Å². The summed E-state index contributed by atoms with van der Waals surface area (Å²) in [6, 6.07) is 6.01. The minimum atomic E-state index is -0.619. The second-order valence-corrected chi connectivity index (χ2v) is 6.98. The number of aromatic nitrogens is 2. The second-order valence-electron chi connectivity index (χ2n) is 6.55. The van der Waals surface area contributed by atoms with E-state index >= 15 is 0 Å². The number of alkyl halides is 1. The number of aryl methyl sites for hydroxylation is 2. The molecular weight excluding hydrogens is 340 g/mol. The average Bonchev–Trinajstić information content (AvgIpc) is 2.51. The van der Waals surface area contributed by atoms with Gasteiger partial charge in [0.25, 0.3) is 5.56 Å². The maximum Gasteiger partial charge on any atom is 0.330 e. The minimum absolute atomic E-state index is 0.0508. The molecule has 1 heterocycles. The number of H-pyrrole nitrogens is 1. The first-order valence-corrected chi connectivity index (χ1v) is 8.86. The van der Waals surface area contributed by atoms with Gasteiger partial charge in [0.05, 0.1) is 11.1 Å². The summed E-state index contributed by atoms with van der Waals surface area (Å²) in [5.41, 5.74) is 3.13. The van der Waals surface area contributed by atoms with Crippen LogP contribution in [-0.4, -0.2) is 16.2 Å². The van der Waals surface area contributed by atoms with Crippen molar-refractivity contribution in [1.29, 1.82) is 0 Å². The molecule has 5 nitrogen and oxygen atoms in total. The molecule has 0 spiro atoms. The molecule has 1 atom stereocenters. The zero-order valence-electron chi connectivity index (χ0n) is 15.4. The predicted molar refractivity (Wildman–Crippen MR) is 101 cm³/mol. The Balaban J connectivity index is 2.75. The highest BCUT2D eigenvalue weighted by Gasteiger charge is 2.25. The minimum Gasteiger partial charge on any atom is -0.361 e. The predicted octanol–water partition coefficient (Wildman–Crippen LogP) is 3.60. The van der Waals surface area contributed by atoms with Crippen molar-refractivity contribution in [2.75, 3.05) is 6.61 Å². The van der Waals surface area contributed by atoms with Crippen molar-refractivity contribution in [3.63, 3.8) is 0 Å². The molecule has 0 aliphatic rings. The fourth-order valence-electron chi connectivity index (χ4n) is 3.06. The van der Waals surface area contributed by atoms with Gasteiger partial charge >= 0.3 is 5.69 Å². The highest BCUT2D eigenvalue weighted by molar-refractivity contribution is 6.22. The molecule has 1 aromatic heterocycles. The number of ether oxygens (including phenoxy) is 1. The monoisotopic (exact) mass is 364 g/mol. The van der Waals surface area contributed by atoms with Crippen molar-refractivity contribution >= 4 is 11.6 Å². The van der Waals surface area contributed by atoms with Crippen LogP contribution in [0.15, 0.2) is 27.8 Å². The molecule has 0 aliphatic carbocycles. The Hall–Kier alpha value is -1.85. The van der Waals surface area contributed by atoms with E-state index in [-0.39, 0.29) is 12.6 Å². The van der Waals surface area contributed by atoms with Gasteiger partial charge in [-0.15, -0.1) is 11.6 Å². The van der Waals surface area contributed by atoms with E-state index in [1.807, 2.05) is 46.8 Å². The van der Waals surface area contributed by atoms with Crippen molar-refractivity contribution in [3.05, 3.63) is 67.0 Å². The van der Waals surface area contributed by atoms with E-state index < -0.39 is 16.6 Å². The van der Waals surface area contributed by atoms with Gasteiger partial charge in [0, 0.05) is 12.2 Å². The summed E-state index contributed by atoms with van der Waals surface area (Å²) >= 11 is 6.78. The van der Waals surface area contributed by atoms with Crippen molar-refractivity contribution in [2.45, 2.75) is 52.6 Å². The zero-order chi connectivity index (χ0) is 18.7. The van der Waals surface area contributed by atoms with Crippen molar-refractivity contribution < 1.29 is 4.74 Å². The summed E-state index contributed by atoms with van der Waals surface area (Å²) in [5.74, 6) is -0.0839. The highest BCUT2D eigenvalue weighted by atomic mass is 35.5. The first kappa shape index (κ1) is 19.5. The number of benzene rings is 1. The summed E-state index contributed by atoms with van der Waals surface area (Å²) in [5, 5.41) is -0.619. The van der Waals surface area contributed by atoms with E-state index in [2.05, 4.69) is 11.1 Å². The van der Waals surface area contributed by atoms with Gasteiger partial charge in [-0.05, 0) is 32.3 Å². The molecule has 0 bridgehead atoms. The third kappa shape index (κ3) is 4.22. The summed E-state index contributed by atoms with van der Waals surface area (Å²) in [6.07, 6.45) is 0. The molecule has 1 aromatic carbocycles. The van der Waals surface area contributed by atoms with E-state index in [1.54, 1.807) is 0 Å². The number of rotatable bonds is 6. The van der Waals surface area contributed by atoms with Crippen LogP contribution in [0.5, 0.6) is 0 Å². The van der Waals surface area contributed by atoms with Gasteiger partial charge in [0.1, 0.15) is 6.73 Å². The molecule has 0 aliphatic heterocycles. The van der Waals surface area contributed by atoms with Crippen LogP contribution in [0, 0.1) is 13.8 Å². The lowest BCUT2D eigenvalue weighted by Gasteiger charge is -2.22. The molecule has 2 rings (SSSR count). The molecule has 1 unspecified atom stereocenters. The Bertz CT molecular complexity index is 848. The van der Waals surface area contributed by atoms with Crippen LogP contribution in [0.25, 0.3) is 0 Å². The maximum atomic E-state index is 12.4. The molecule has 0 fully saturated rings. The fourth-order valence-corrected chi connectivity index (χ4v) is 3.42. The average molecular weight is 365 g/mol. The molecular formula is C19H25ClN2O3. The van der Waals surface area contributed by atoms with Gasteiger partial charge in [0.15, 0.2) is 0 Å². The zero-order valence-corrected chi connectivity index (χ0v) is 16.1. The second kappa shape index (κ2) is 8.02. The Morgan fingerprint density at radius 1 is 1.16 bits per heavy atom. The highest BCUT2D eigenvalue weighted by Crippen LogP contribution is 2.33. The van der Waals surface area contributed by atoms with Crippen molar-refractivity contribution in [3.8, 4) is 0 Å². The van der Waals surface area contributed by atoms with Crippen LogP contribution < -0.4 is 11.2 Å². The molecule has 25 heavy (non-hydrogen) atoms. The molecule has 6 heteroatoms. The van der Waals surface area contributed by atoms with Crippen LogP contribution >= 0.6 is 11.6 Å². The maximum absolute atomic E-state index is 12.4. The third-order valence-electron chi connectivity index (χ3n) is 4.06. The first-order chi connectivity index (χ1) is 11.8. The number of hydrogen-bond acceptors (Lipinski definition) is 3. The number of aromatic amines is 1. The molecule has 0 saturated heterocycles. The smallest absolute Gasteiger partial charge is 0.330 e. The van der Waals surface area contributed by atoms with Crippen LogP contribution in [0.4, 0.5) is 0 Å². The SMILES string of the molecule is CCOCn1c(C(Cl)c2cc(C)cc(C)c2)c(C(C)C)c(=O)[nH]c1=O. The van der Waals surface area contributed by atoms with Gasteiger partial charge in [-0.3, -0.25) is 14.3 Å². The number of hydrogen-bond donors (Lipinski definition) is 1. The normalized spacial score (nSPS) is 12.6. The van der Waals surface area contributed by atoms with Gasteiger partial charge in [-0.1, -0.05) is 43.2 Å². The Labute approximate surface area is 152 Å². The number of nitrogens with one attached hydrogen (secondary N) is 1. The quantitative estimate of drug-likeness (QED) is 0.796. The molecule has 0 saturated carbocycles. The van der Waals surface area contributed by atoms with Crippen LogP contribution in [0.3, 0.4) is 0 Å². The number of halogens is 1. The lowest BCUT2D eigenvalue weighted by atomic mass is 9.96. The van der Waals surface area contributed by atoms with Gasteiger partial charge in [-0.2, -0.15) is 0 Å². The lowest BCUT2D eigenvalue weighted by Crippen LogP contribution is -2.37. The summed E-state index contributed by atoms with van der Waals surface area (Å²) < 4.78 is 6.86. The van der Waals surface area contributed by atoms with E-state index in [1.165, 1.54) is 4.57 Å². The Morgan fingerprint density at radius 3 is 2.28 bits per heavy atom. The summed E-state index contributed by atoms with van der Waals surface area (Å²) in [6.45, 7) is 10.2. The Kier molecular flexibility index (Phi) is 6.25. The van der Waals surface area contributed by atoms with Crippen LogP contribution in [-0.2, 0) is 11.5 Å². The van der Waals surface area contributed by atoms with E-state index in [4.69, 9.17) is 16.3 Å². The molecule has 0 radical (unpaired) electrons. The molecule has 2 aromatic rings. The van der Waals surface area contributed by atoms with Crippen molar-refractivity contribution in [1.82, 2.24) is 9.55 Å². The van der Waals surface area contributed by atoms with Gasteiger partial charge in [0.2, 0.25) is 0 Å². The van der Waals surface area contributed by atoms with Crippen molar-refractivity contribution in [2.24, 2.45) is 0 Å².